The molecular weight excluding hydrogens is 174 g/mol. The second-order valence-electron chi connectivity index (χ2n) is 3.23. The van der Waals surface area contributed by atoms with Crippen molar-refractivity contribution in [2.75, 3.05) is 12.4 Å². The monoisotopic (exact) mass is 191 g/mol. The van der Waals surface area contributed by atoms with Crippen molar-refractivity contribution in [1.29, 1.82) is 0 Å². The summed E-state index contributed by atoms with van der Waals surface area (Å²) in [6.07, 6.45) is 1.03. The molecule has 14 heavy (non-hydrogen) atoms. The summed E-state index contributed by atoms with van der Waals surface area (Å²) in [5, 5.41) is 3.02. The first-order chi connectivity index (χ1) is 6.67. The third-order valence-corrected chi connectivity index (χ3v) is 2.24. The molecule has 0 fully saturated rings. The van der Waals surface area contributed by atoms with Crippen molar-refractivity contribution in [3.05, 3.63) is 29.3 Å². The van der Waals surface area contributed by atoms with Gasteiger partial charge in [-0.1, -0.05) is 13.0 Å². The normalized spacial score (nSPS) is 11.5. The lowest BCUT2D eigenvalue weighted by Gasteiger charge is -2.08. The van der Waals surface area contributed by atoms with Crippen LogP contribution in [0, 0.1) is 6.92 Å². The van der Waals surface area contributed by atoms with Gasteiger partial charge >= 0.3 is 0 Å². The van der Waals surface area contributed by atoms with Gasteiger partial charge in [0.25, 0.3) is 0 Å². The molecule has 0 atom stereocenters. The first-order valence-electron chi connectivity index (χ1n) is 4.76. The minimum atomic E-state index is 0.441. The number of hydrogen-bond acceptors (Lipinski definition) is 1. The number of rotatable bonds is 2. The van der Waals surface area contributed by atoms with Crippen LogP contribution >= 0.6 is 0 Å². The molecule has 3 nitrogen and oxygen atoms in total. The van der Waals surface area contributed by atoms with Crippen LogP contribution in [0.3, 0.4) is 0 Å². The fraction of sp³-hybridized carbons (Fsp3) is 0.364. The Morgan fingerprint density at radius 3 is 2.79 bits per heavy atom. The molecule has 3 heteroatoms. The Balaban J connectivity index is 2.90. The van der Waals surface area contributed by atoms with Crippen LogP contribution in [0.15, 0.2) is 23.2 Å². The van der Waals surface area contributed by atoms with E-state index in [0.717, 1.165) is 12.1 Å². The molecule has 0 saturated heterocycles. The van der Waals surface area contributed by atoms with E-state index in [2.05, 4.69) is 36.3 Å². The number of nitrogens with zero attached hydrogens (tertiary/aromatic N) is 1. The van der Waals surface area contributed by atoms with Gasteiger partial charge in [0.2, 0.25) is 0 Å². The molecule has 0 heterocycles. The summed E-state index contributed by atoms with van der Waals surface area (Å²) < 4.78 is 0. The third kappa shape index (κ3) is 2.49. The number of guanidine groups is 1. The lowest BCUT2D eigenvalue weighted by atomic mass is 10.1. The molecule has 0 aliphatic carbocycles. The van der Waals surface area contributed by atoms with Gasteiger partial charge in [-0.2, -0.15) is 0 Å². The van der Waals surface area contributed by atoms with Crippen LogP contribution < -0.4 is 11.1 Å². The van der Waals surface area contributed by atoms with E-state index in [4.69, 9.17) is 5.73 Å². The highest BCUT2D eigenvalue weighted by Crippen LogP contribution is 2.15. The van der Waals surface area contributed by atoms with Crippen molar-refractivity contribution in [2.24, 2.45) is 10.7 Å². The zero-order valence-corrected chi connectivity index (χ0v) is 8.96. The van der Waals surface area contributed by atoms with Crippen molar-refractivity contribution in [3.8, 4) is 0 Å². The molecule has 0 aliphatic rings. The van der Waals surface area contributed by atoms with Crippen LogP contribution in [0.25, 0.3) is 0 Å². The van der Waals surface area contributed by atoms with Crippen molar-refractivity contribution >= 4 is 11.6 Å². The Morgan fingerprint density at radius 1 is 1.50 bits per heavy atom. The van der Waals surface area contributed by atoms with E-state index >= 15 is 0 Å². The minimum absolute atomic E-state index is 0.441. The van der Waals surface area contributed by atoms with Gasteiger partial charge in [-0.3, -0.25) is 4.99 Å². The van der Waals surface area contributed by atoms with E-state index in [1.807, 2.05) is 6.07 Å². The van der Waals surface area contributed by atoms with E-state index in [-0.39, 0.29) is 0 Å². The van der Waals surface area contributed by atoms with Gasteiger partial charge in [0.05, 0.1) is 0 Å². The highest BCUT2D eigenvalue weighted by Gasteiger charge is 1.98. The van der Waals surface area contributed by atoms with Crippen molar-refractivity contribution in [3.63, 3.8) is 0 Å². The maximum absolute atomic E-state index is 5.57. The van der Waals surface area contributed by atoms with Gasteiger partial charge in [0, 0.05) is 12.7 Å². The Morgan fingerprint density at radius 2 is 2.21 bits per heavy atom. The van der Waals surface area contributed by atoms with Crippen LogP contribution in [0.4, 0.5) is 5.69 Å². The number of hydrogen-bond donors (Lipinski definition) is 2. The topological polar surface area (TPSA) is 50.4 Å². The Labute approximate surface area is 85.0 Å². The zero-order chi connectivity index (χ0) is 10.6. The van der Waals surface area contributed by atoms with Gasteiger partial charge in [0.15, 0.2) is 5.96 Å². The van der Waals surface area contributed by atoms with Gasteiger partial charge in [-0.05, 0) is 36.6 Å². The molecule has 0 radical (unpaired) electrons. The molecular formula is C11H17N3. The predicted molar refractivity (Wildman–Crippen MR) is 61.7 cm³/mol. The first-order valence-corrected chi connectivity index (χ1v) is 4.76. The van der Waals surface area contributed by atoms with Crippen molar-refractivity contribution < 1.29 is 0 Å². The number of nitrogens with one attached hydrogen (secondary N) is 1. The molecule has 0 unspecified atom stereocenters. The minimum Gasteiger partial charge on any atom is -0.370 e. The smallest absolute Gasteiger partial charge is 0.192 e. The average molecular weight is 191 g/mol. The van der Waals surface area contributed by atoms with Crippen LogP contribution in [0.2, 0.25) is 0 Å². The fourth-order valence-electron chi connectivity index (χ4n) is 1.33. The van der Waals surface area contributed by atoms with E-state index in [9.17, 15) is 0 Å². The van der Waals surface area contributed by atoms with Crippen LogP contribution in [-0.2, 0) is 6.42 Å². The Hall–Kier alpha value is -1.51. The number of anilines is 1. The van der Waals surface area contributed by atoms with E-state index in [1.54, 1.807) is 7.05 Å². The maximum Gasteiger partial charge on any atom is 0.192 e. The van der Waals surface area contributed by atoms with E-state index in [1.165, 1.54) is 11.1 Å². The summed E-state index contributed by atoms with van der Waals surface area (Å²) in [7, 11) is 1.66. The number of nitrogens with two attached hydrogens (primary N) is 1. The zero-order valence-electron chi connectivity index (χ0n) is 8.96. The molecule has 0 aromatic heterocycles. The summed E-state index contributed by atoms with van der Waals surface area (Å²) in [4.78, 5) is 3.84. The molecule has 0 spiro atoms. The summed E-state index contributed by atoms with van der Waals surface area (Å²) in [6.45, 7) is 4.25. The highest BCUT2D eigenvalue weighted by atomic mass is 15.1. The van der Waals surface area contributed by atoms with E-state index in [0.29, 0.717) is 5.96 Å². The standard InChI is InChI=1S/C11H17N3/c1-4-9-7-10(6-5-8(9)2)14-11(12)13-3/h5-7H,4H2,1-3H3,(H3,12,13,14). The molecule has 0 aliphatic heterocycles. The average Bonchev–Trinajstić information content (AvgIpc) is 2.20. The summed E-state index contributed by atoms with van der Waals surface area (Å²) >= 11 is 0. The predicted octanol–water partition coefficient (Wildman–Crippen LogP) is 1.91. The lowest BCUT2D eigenvalue weighted by Crippen LogP contribution is -2.22. The molecule has 0 saturated carbocycles. The number of aryl methyl sites for hydroxylation is 2. The molecule has 0 bridgehead atoms. The SMILES string of the molecule is CCc1cc(NC(N)=NC)ccc1C. The van der Waals surface area contributed by atoms with Crippen LogP contribution in [0.1, 0.15) is 18.1 Å². The fourth-order valence-corrected chi connectivity index (χ4v) is 1.33. The number of aliphatic imine (C=N–C) groups is 1. The van der Waals surface area contributed by atoms with Gasteiger partial charge < -0.3 is 11.1 Å². The molecule has 0 amide bonds. The van der Waals surface area contributed by atoms with Crippen molar-refractivity contribution in [2.45, 2.75) is 20.3 Å². The third-order valence-electron chi connectivity index (χ3n) is 2.24. The second-order valence-corrected chi connectivity index (χ2v) is 3.23. The Kier molecular flexibility index (Phi) is 3.51. The second kappa shape index (κ2) is 4.65. The first kappa shape index (κ1) is 10.6. The molecule has 1 rings (SSSR count). The summed E-state index contributed by atoms with van der Waals surface area (Å²) in [5.74, 6) is 0.441. The highest BCUT2D eigenvalue weighted by molar-refractivity contribution is 5.92. The van der Waals surface area contributed by atoms with Gasteiger partial charge in [-0.25, -0.2) is 0 Å². The lowest BCUT2D eigenvalue weighted by molar-refractivity contribution is 1.11. The van der Waals surface area contributed by atoms with Gasteiger partial charge in [0.1, 0.15) is 0 Å². The van der Waals surface area contributed by atoms with Crippen molar-refractivity contribution in [1.82, 2.24) is 0 Å². The molecule has 76 valence electrons. The van der Waals surface area contributed by atoms with E-state index < -0.39 is 0 Å². The largest absolute Gasteiger partial charge is 0.370 e. The van der Waals surface area contributed by atoms with Gasteiger partial charge in [-0.15, -0.1) is 0 Å². The van der Waals surface area contributed by atoms with Crippen LogP contribution in [0.5, 0.6) is 0 Å². The molecule has 1 aromatic rings. The quantitative estimate of drug-likeness (QED) is 0.554. The summed E-state index contributed by atoms with van der Waals surface area (Å²) in [6, 6.07) is 6.20. The Bertz CT molecular complexity index is 342. The number of benzene rings is 1. The molecule has 3 N–H and O–H groups in total. The molecule has 1 aromatic carbocycles. The summed E-state index contributed by atoms with van der Waals surface area (Å²) in [5.41, 5.74) is 9.21. The van der Waals surface area contributed by atoms with Crippen LogP contribution in [-0.4, -0.2) is 13.0 Å². The maximum atomic E-state index is 5.57.